The van der Waals surface area contributed by atoms with E-state index in [-0.39, 0.29) is 30.5 Å². The molecule has 0 aliphatic rings. The number of halogens is 4. The van der Waals surface area contributed by atoms with Crippen LogP contribution in [0, 0.1) is 5.82 Å². The highest BCUT2D eigenvalue weighted by Gasteiger charge is 2.38. The van der Waals surface area contributed by atoms with Gasteiger partial charge in [0.15, 0.2) is 5.82 Å². The molecule has 1 aromatic heterocycles. The standard InChI is InChI=1S/C18H13F4N3O2/c19-14-7-3-12(4-8-14)10-23-16(26)13-5-1-11(2-6-13)9-15-24-17(27-25-15)18(20,21)22/h1-8H,9-10H2,(H,23,26). The molecule has 0 saturated carbocycles. The SMILES string of the molecule is O=C(NCc1ccc(F)cc1)c1ccc(Cc2noc(C(F)(F)F)n2)cc1. The van der Waals surface area contributed by atoms with Crippen molar-refractivity contribution in [1.29, 1.82) is 0 Å². The Bertz CT molecular complexity index is 919. The fourth-order valence-corrected chi connectivity index (χ4v) is 2.28. The normalized spacial score (nSPS) is 11.4. The van der Waals surface area contributed by atoms with Gasteiger partial charge in [-0.25, -0.2) is 4.39 Å². The number of hydrogen-bond acceptors (Lipinski definition) is 4. The van der Waals surface area contributed by atoms with Gasteiger partial charge in [0.05, 0.1) is 0 Å². The van der Waals surface area contributed by atoms with Gasteiger partial charge in [0.1, 0.15) is 5.82 Å². The van der Waals surface area contributed by atoms with E-state index < -0.39 is 12.1 Å². The maximum atomic E-state index is 12.8. The summed E-state index contributed by atoms with van der Waals surface area (Å²) in [7, 11) is 0. The molecule has 0 radical (unpaired) electrons. The second-order valence-electron chi connectivity index (χ2n) is 5.70. The molecule has 140 valence electrons. The minimum Gasteiger partial charge on any atom is -0.348 e. The quantitative estimate of drug-likeness (QED) is 0.686. The highest BCUT2D eigenvalue weighted by atomic mass is 19.4. The molecule has 2 aromatic carbocycles. The van der Waals surface area contributed by atoms with E-state index in [1.807, 2.05) is 0 Å². The van der Waals surface area contributed by atoms with Crippen molar-refractivity contribution >= 4 is 5.91 Å². The van der Waals surface area contributed by atoms with Gasteiger partial charge in [0.25, 0.3) is 5.91 Å². The lowest BCUT2D eigenvalue weighted by Gasteiger charge is -2.06. The summed E-state index contributed by atoms with van der Waals surface area (Å²) >= 11 is 0. The fraction of sp³-hybridized carbons (Fsp3) is 0.167. The number of carbonyl (C=O) groups excluding carboxylic acids is 1. The summed E-state index contributed by atoms with van der Waals surface area (Å²) in [5, 5.41) is 5.99. The number of hydrogen-bond donors (Lipinski definition) is 1. The first-order chi connectivity index (χ1) is 12.8. The lowest BCUT2D eigenvalue weighted by atomic mass is 10.1. The van der Waals surface area contributed by atoms with Crippen LogP contribution < -0.4 is 5.32 Å². The molecule has 0 spiro atoms. The first kappa shape index (κ1) is 18.6. The fourth-order valence-electron chi connectivity index (χ4n) is 2.28. The summed E-state index contributed by atoms with van der Waals surface area (Å²) in [6.07, 6.45) is -4.64. The number of nitrogens with one attached hydrogen (secondary N) is 1. The maximum Gasteiger partial charge on any atom is 0.471 e. The van der Waals surface area contributed by atoms with Crippen molar-refractivity contribution in [3.8, 4) is 0 Å². The van der Waals surface area contributed by atoms with Gasteiger partial charge in [-0.1, -0.05) is 29.4 Å². The average Bonchev–Trinajstić information content (AvgIpc) is 3.10. The van der Waals surface area contributed by atoms with Gasteiger partial charge in [0, 0.05) is 18.5 Å². The van der Waals surface area contributed by atoms with Crippen molar-refractivity contribution in [3.63, 3.8) is 0 Å². The number of carbonyl (C=O) groups is 1. The third kappa shape index (κ3) is 4.90. The monoisotopic (exact) mass is 379 g/mol. The van der Waals surface area contributed by atoms with E-state index >= 15 is 0 Å². The molecule has 0 unspecified atom stereocenters. The lowest BCUT2D eigenvalue weighted by molar-refractivity contribution is -0.159. The molecule has 1 heterocycles. The Morgan fingerprint density at radius 1 is 1.00 bits per heavy atom. The first-order valence-corrected chi connectivity index (χ1v) is 7.82. The van der Waals surface area contributed by atoms with Gasteiger partial charge in [0.2, 0.25) is 0 Å². The Kier molecular flexibility index (Phi) is 5.20. The molecule has 1 amide bonds. The second-order valence-corrected chi connectivity index (χ2v) is 5.70. The van der Waals surface area contributed by atoms with Crippen molar-refractivity contribution in [2.24, 2.45) is 0 Å². The number of amides is 1. The van der Waals surface area contributed by atoms with Crippen LogP contribution >= 0.6 is 0 Å². The maximum absolute atomic E-state index is 12.8. The highest BCUT2D eigenvalue weighted by molar-refractivity contribution is 5.94. The molecule has 5 nitrogen and oxygen atoms in total. The third-order valence-corrected chi connectivity index (χ3v) is 3.66. The molecule has 0 aliphatic carbocycles. The van der Waals surface area contributed by atoms with Crippen LogP contribution in [0.2, 0.25) is 0 Å². The third-order valence-electron chi connectivity index (χ3n) is 3.66. The first-order valence-electron chi connectivity index (χ1n) is 7.82. The zero-order valence-electron chi connectivity index (χ0n) is 13.8. The van der Waals surface area contributed by atoms with Crippen LogP contribution in [-0.4, -0.2) is 16.0 Å². The van der Waals surface area contributed by atoms with Crippen molar-refractivity contribution in [2.75, 3.05) is 0 Å². The van der Waals surface area contributed by atoms with Crippen LogP contribution in [0.25, 0.3) is 0 Å². The zero-order chi connectivity index (χ0) is 19.4. The summed E-state index contributed by atoms with van der Waals surface area (Å²) < 4.78 is 54.3. The smallest absolute Gasteiger partial charge is 0.348 e. The zero-order valence-corrected chi connectivity index (χ0v) is 13.8. The number of nitrogens with zero attached hydrogens (tertiary/aromatic N) is 2. The van der Waals surface area contributed by atoms with Crippen molar-refractivity contribution in [2.45, 2.75) is 19.1 Å². The molecular formula is C18H13F4N3O2. The van der Waals surface area contributed by atoms with Crippen LogP contribution in [0.15, 0.2) is 53.1 Å². The van der Waals surface area contributed by atoms with E-state index in [1.165, 1.54) is 12.1 Å². The van der Waals surface area contributed by atoms with Gasteiger partial charge < -0.3 is 9.84 Å². The highest BCUT2D eigenvalue weighted by Crippen LogP contribution is 2.27. The molecule has 0 fully saturated rings. The van der Waals surface area contributed by atoms with E-state index in [1.54, 1.807) is 36.4 Å². The summed E-state index contributed by atoms with van der Waals surface area (Å²) in [6, 6.07) is 12.0. The van der Waals surface area contributed by atoms with Crippen LogP contribution in [-0.2, 0) is 19.1 Å². The Morgan fingerprint density at radius 2 is 1.63 bits per heavy atom. The molecule has 1 N–H and O–H groups in total. The minimum atomic E-state index is -4.68. The van der Waals surface area contributed by atoms with Gasteiger partial charge in [-0.05, 0) is 35.4 Å². The topological polar surface area (TPSA) is 68.0 Å². The van der Waals surface area contributed by atoms with Gasteiger partial charge in [-0.2, -0.15) is 18.2 Å². The molecule has 0 bridgehead atoms. The number of aromatic nitrogens is 2. The Balaban J connectivity index is 1.58. The van der Waals surface area contributed by atoms with Gasteiger partial charge >= 0.3 is 12.1 Å². The van der Waals surface area contributed by atoms with Crippen LogP contribution in [0.3, 0.4) is 0 Å². The van der Waals surface area contributed by atoms with E-state index in [2.05, 4.69) is 20.0 Å². The van der Waals surface area contributed by atoms with E-state index in [0.717, 1.165) is 5.56 Å². The number of benzene rings is 2. The van der Waals surface area contributed by atoms with Gasteiger partial charge in [-0.3, -0.25) is 4.79 Å². The molecule has 3 rings (SSSR count). The summed E-state index contributed by atoms with van der Waals surface area (Å²) in [4.78, 5) is 15.4. The van der Waals surface area contributed by atoms with Crippen LogP contribution in [0.1, 0.15) is 33.2 Å². The lowest BCUT2D eigenvalue weighted by Crippen LogP contribution is -2.22. The van der Waals surface area contributed by atoms with Gasteiger partial charge in [-0.15, -0.1) is 0 Å². The van der Waals surface area contributed by atoms with E-state index in [4.69, 9.17) is 0 Å². The van der Waals surface area contributed by atoms with Crippen molar-refractivity contribution in [1.82, 2.24) is 15.5 Å². The largest absolute Gasteiger partial charge is 0.471 e. The van der Waals surface area contributed by atoms with Crippen molar-refractivity contribution < 1.29 is 26.9 Å². The van der Waals surface area contributed by atoms with E-state index in [0.29, 0.717) is 11.1 Å². The summed E-state index contributed by atoms with van der Waals surface area (Å²) in [6.45, 7) is 0.240. The molecule has 9 heteroatoms. The van der Waals surface area contributed by atoms with E-state index in [9.17, 15) is 22.4 Å². The van der Waals surface area contributed by atoms with Crippen molar-refractivity contribution in [3.05, 3.63) is 82.8 Å². The van der Waals surface area contributed by atoms with Crippen LogP contribution in [0.4, 0.5) is 17.6 Å². The molecule has 0 atom stereocenters. The Hall–Kier alpha value is -3.23. The predicted molar refractivity (Wildman–Crippen MR) is 86.1 cm³/mol. The Morgan fingerprint density at radius 3 is 2.22 bits per heavy atom. The minimum absolute atomic E-state index is 0.0387. The number of rotatable bonds is 5. The molecule has 27 heavy (non-hydrogen) atoms. The predicted octanol–water partition coefficient (Wildman–Crippen LogP) is 3.75. The molecule has 3 aromatic rings. The Labute approximate surface area is 151 Å². The average molecular weight is 379 g/mol. The number of alkyl halides is 3. The molecule has 0 aliphatic heterocycles. The summed E-state index contributed by atoms with van der Waals surface area (Å²) in [5.74, 6) is -2.18. The second kappa shape index (κ2) is 7.56. The summed E-state index contributed by atoms with van der Waals surface area (Å²) in [5.41, 5.74) is 1.75. The molecule has 0 saturated heterocycles. The molecular weight excluding hydrogens is 366 g/mol. The van der Waals surface area contributed by atoms with Crippen LogP contribution in [0.5, 0.6) is 0 Å².